The fourth-order valence-corrected chi connectivity index (χ4v) is 5.15. The molecule has 0 bridgehead atoms. The van der Waals surface area contributed by atoms with Gasteiger partial charge in [-0.2, -0.15) is 0 Å². The van der Waals surface area contributed by atoms with E-state index < -0.39 is 28.5 Å². The topological polar surface area (TPSA) is 105 Å². The summed E-state index contributed by atoms with van der Waals surface area (Å²) in [5.74, 6) is -0.0941. The molecule has 1 atom stereocenters. The molecule has 1 aliphatic rings. The Morgan fingerprint density at radius 1 is 1.05 bits per heavy atom. The number of ether oxygens (including phenoxy) is 2. The second kappa shape index (κ2) is 12.2. The molecule has 12 heteroatoms. The van der Waals surface area contributed by atoms with Crippen LogP contribution in [-0.2, 0) is 26.2 Å². The Kier molecular flexibility index (Phi) is 9.55. The monoisotopic (exact) mass is 571 g/mol. The number of halogens is 2. The molecule has 202 valence electrons. The van der Waals surface area contributed by atoms with Crippen LogP contribution in [0.25, 0.3) is 0 Å². The number of carbonyl (C=O) groups excluding carboxylic acids is 2. The van der Waals surface area contributed by atoms with Crippen molar-refractivity contribution >= 4 is 50.7 Å². The van der Waals surface area contributed by atoms with Crippen LogP contribution in [0.2, 0.25) is 10.0 Å². The number of benzene rings is 2. The number of carbonyl (C=O) groups is 2. The van der Waals surface area contributed by atoms with E-state index in [1.165, 1.54) is 17.9 Å². The molecular formula is C25H31Cl2N3O6S. The van der Waals surface area contributed by atoms with E-state index in [0.717, 1.165) is 4.31 Å². The zero-order valence-corrected chi connectivity index (χ0v) is 23.5. The summed E-state index contributed by atoms with van der Waals surface area (Å²) in [5.41, 5.74) is 0.816. The van der Waals surface area contributed by atoms with Crippen molar-refractivity contribution in [3.8, 4) is 11.5 Å². The van der Waals surface area contributed by atoms with Crippen molar-refractivity contribution in [3.05, 3.63) is 52.0 Å². The maximum atomic E-state index is 13.7. The minimum Gasteiger partial charge on any atom is -0.454 e. The maximum absolute atomic E-state index is 13.7. The van der Waals surface area contributed by atoms with Crippen molar-refractivity contribution in [2.45, 2.75) is 40.3 Å². The van der Waals surface area contributed by atoms with Gasteiger partial charge >= 0.3 is 0 Å². The lowest BCUT2D eigenvalue weighted by atomic mass is 10.1. The van der Waals surface area contributed by atoms with Crippen molar-refractivity contribution in [3.63, 3.8) is 0 Å². The number of nitrogens with zero attached hydrogens (tertiary/aromatic N) is 2. The van der Waals surface area contributed by atoms with Gasteiger partial charge in [0.25, 0.3) is 0 Å². The van der Waals surface area contributed by atoms with E-state index in [1.54, 1.807) is 37.3 Å². The number of amides is 2. The normalized spacial score (nSPS) is 13.4. The van der Waals surface area contributed by atoms with Gasteiger partial charge in [-0.05, 0) is 49.6 Å². The van der Waals surface area contributed by atoms with Crippen LogP contribution >= 0.6 is 23.2 Å². The van der Waals surface area contributed by atoms with Crippen molar-refractivity contribution in [1.29, 1.82) is 0 Å². The molecule has 0 saturated heterocycles. The molecule has 0 fully saturated rings. The van der Waals surface area contributed by atoms with Gasteiger partial charge in [0.1, 0.15) is 12.6 Å². The molecule has 2 aromatic rings. The first kappa shape index (κ1) is 28.9. The average molecular weight is 573 g/mol. The average Bonchev–Trinajstić information content (AvgIpc) is 3.32. The zero-order valence-electron chi connectivity index (χ0n) is 21.2. The summed E-state index contributed by atoms with van der Waals surface area (Å²) in [4.78, 5) is 28.0. The minimum absolute atomic E-state index is 0.0216. The van der Waals surface area contributed by atoms with Gasteiger partial charge in [-0.15, -0.1) is 0 Å². The summed E-state index contributed by atoms with van der Waals surface area (Å²) >= 11 is 12.4. The van der Waals surface area contributed by atoms with Crippen LogP contribution in [0.3, 0.4) is 0 Å². The van der Waals surface area contributed by atoms with E-state index in [-0.39, 0.29) is 36.6 Å². The number of hydrogen-bond donors (Lipinski definition) is 1. The zero-order chi connectivity index (χ0) is 27.3. The highest BCUT2D eigenvalue weighted by Gasteiger charge is 2.32. The van der Waals surface area contributed by atoms with Crippen molar-refractivity contribution < 1.29 is 27.5 Å². The Balaban J connectivity index is 1.95. The van der Waals surface area contributed by atoms with Crippen LogP contribution in [0, 0.1) is 5.92 Å². The molecule has 2 aromatic carbocycles. The third kappa shape index (κ3) is 7.21. The Morgan fingerprint density at radius 2 is 1.76 bits per heavy atom. The van der Waals surface area contributed by atoms with Gasteiger partial charge in [-0.3, -0.25) is 13.9 Å². The molecule has 1 aliphatic heterocycles. The quantitative estimate of drug-likeness (QED) is 0.436. The molecular weight excluding hydrogens is 541 g/mol. The summed E-state index contributed by atoms with van der Waals surface area (Å²) in [6, 6.07) is 8.60. The Morgan fingerprint density at radius 3 is 2.41 bits per heavy atom. The smallest absolute Gasteiger partial charge is 0.244 e. The van der Waals surface area contributed by atoms with Crippen LogP contribution in [0.1, 0.15) is 33.3 Å². The molecule has 0 unspecified atom stereocenters. The predicted octanol–water partition coefficient (Wildman–Crippen LogP) is 4.07. The summed E-state index contributed by atoms with van der Waals surface area (Å²) < 4.78 is 37.8. The number of rotatable bonds is 11. The highest BCUT2D eigenvalue weighted by molar-refractivity contribution is 7.92. The molecule has 1 heterocycles. The molecule has 37 heavy (non-hydrogen) atoms. The van der Waals surface area contributed by atoms with E-state index in [1.807, 2.05) is 13.8 Å². The molecule has 0 aromatic heterocycles. The number of anilines is 1. The van der Waals surface area contributed by atoms with Crippen LogP contribution in [0.4, 0.5) is 5.69 Å². The van der Waals surface area contributed by atoms with Crippen LogP contribution in [0.15, 0.2) is 36.4 Å². The van der Waals surface area contributed by atoms with E-state index in [0.29, 0.717) is 33.7 Å². The molecule has 0 radical (unpaired) electrons. The fourth-order valence-electron chi connectivity index (χ4n) is 3.63. The standard InChI is InChI=1S/C25H31Cl2N3O6S/c1-5-37(33,34)30(20-8-9-22-23(11-20)36-15-35-22)14-24(31)29(17(4)25(32)28-12-16(2)3)13-18-6-7-19(26)10-21(18)27/h6-11,16-17H,5,12-15H2,1-4H3,(H,28,32)/t17-/m1/s1. The van der Waals surface area contributed by atoms with Gasteiger partial charge in [-0.25, -0.2) is 8.42 Å². The number of fused-ring (bicyclic) bond motifs is 1. The summed E-state index contributed by atoms with van der Waals surface area (Å²) in [6.07, 6.45) is 0. The van der Waals surface area contributed by atoms with Crippen molar-refractivity contribution in [1.82, 2.24) is 10.2 Å². The Bertz CT molecular complexity index is 1250. The SMILES string of the molecule is CCS(=O)(=O)N(CC(=O)N(Cc1ccc(Cl)cc1Cl)[C@H](C)C(=O)NCC(C)C)c1ccc2c(c1)OCO2. The molecule has 1 N–H and O–H groups in total. The molecule has 3 rings (SSSR count). The van der Waals surface area contributed by atoms with E-state index in [4.69, 9.17) is 32.7 Å². The van der Waals surface area contributed by atoms with Crippen LogP contribution in [0.5, 0.6) is 11.5 Å². The van der Waals surface area contributed by atoms with Gasteiger partial charge < -0.3 is 19.7 Å². The first-order valence-electron chi connectivity index (χ1n) is 11.8. The van der Waals surface area contributed by atoms with Crippen molar-refractivity contribution in [2.75, 3.05) is 29.9 Å². The molecule has 2 amide bonds. The summed E-state index contributed by atoms with van der Waals surface area (Å²) in [5, 5.41) is 3.59. The lowest BCUT2D eigenvalue weighted by Crippen LogP contribution is -2.51. The van der Waals surface area contributed by atoms with E-state index in [2.05, 4.69) is 5.32 Å². The van der Waals surface area contributed by atoms with Gasteiger partial charge in [0.2, 0.25) is 28.6 Å². The number of nitrogens with one attached hydrogen (secondary N) is 1. The maximum Gasteiger partial charge on any atom is 0.244 e. The largest absolute Gasteiger partial charge is 0.454 e. The van der Waals surface area contributed by atoms with Gasteiger partial charge in [-0.1, -0.05) is 43.1 Å². The Labute approximate surface area is 227 Å². The molecule has 0 spiro atoms. The lowest BCUT2D eigenvalue weighted by molar-refractivity contribution is -0.139. The minimum atomic E-state index is -3.87. The predicted molar refractivity (Wildman–Crippen MR) is 144 cm³/mol. The summed E-state index contributed by atoms with van der Waals surface area (Å²) in [6.45, 7) is 6.91. The van der Waals surface area contributed by atoms with Crippen molar-refractivity contribution in [2.24, 2.45) is 5.92 Å². The third-order valence-electron chi connectivity index (χ3n) is 5.83. The highest BCUT2D eigenvalue weighted by atomic mass is 35.5. The second-order valence-electron chi connectivity index (χ2n) is 9.02. The number of hydrogen-bond acceptors (Lipinski definition) is 6. The first-order chi connectivity index (χ1) is 17.4. The van der Waals surface area contributed by atoms with Gasteiger partial charge in [0.15, 0.2) is 11.5 Å². The highest BCUT2D eigenvalue weighted by Crippen LogP contribution is 2.36. The van der Waals surface area contributed by atoms with Crippen LogP contribution < -0.4 is 19.1 Å². The second-order valence-corrected chi connectivity index (χ2v) is 12.0. The molecule has 0 aliphatic carbocycles. The third-order valence-corrected chi connectivity index (χ3v) is 8.16. The number of sulfonamides is 1. The fraction of sp³-hybridized carbons (Fsp3) is 0.440. The lowest BCUT2D eigenvalue weighted by Gasteiger charge is -2.32. The summed E-state index contributed by atoms with van der Waals surface area (Å²) in [7, 11) is -3.87. The molecule has 0 saturated carbocycles. The van der Waals surface area contributed by atoms with E-state index >= 15 is 0 Å². The van der Waals surface area contributed by atoms with Crippen LogP contribution in [-0.4, -0.2) is 56.8 Å². The van der Waals surface area contributed by atoms with Gasteiger partial charge in [0.05, 0.1) is 11.4 Å². The van der Waals surface area contributed by atoms with Gasteiger partial charge in [0, 0.05) is 29.2 Å². The van der Waals surface area contributed by atoms with E-state index in [9.17, 15) is 18.0 Å². The Hall–Kier alpha value is -2.69. The first-order valence-corrected chi connectivity index (χ1v) is 14.2. The molecule has 9 nitrogen and oxygen atoms in total.